The van der Waals surface area contributed by atoms with E-state index in [0.29, 0.717) is 12.2 Å². The number of urea groups is 1. The standard InChI is InChI=1S/C22H25N3O5S/c1-24(2)31(28,29)18-11-9-17(10-12-18)30-15-14-25-20(26)22(23-21(25)27)13-5-7-16-6-3-4-8-19(16)22/h3-4,6,8-12H,5,7,13-15H2,1-2H3,(H,23,27)/t22-/m0/s1. The van der Waals surface area contributed by atoms with Gasteiger partial charge in [-0.25, -0.2) is 17.5 Å². The number of nitrogens with one attached hydrogen (secondary N) is 1. The molecule has 3 amide bonds. The fourth-order valence-corrected chi connectivity index (χ4v) is 5.09. The van der Waals surface area contributed by atoms with Crippen molar-refractivity contribution in [3.8, 4) is 5.75 Å². The smallest absolute Gasteiger partial charge is 0.325 e. The highest BCUT2D eigenvalue weighted by Gasteiger charge is 2.53. The minimum absolute atomic E-state index is 0.104. The van der Waals surface area contributed by atoms with E-state index < -0.39 is 21.6 Å². The van der Waals surface area contributed by atoms with Crippen molar-refractivity contribution in [2.45, 2.75) is 29.7 Å². The maximum atomic E-state index is 13.2. The number of carbonyl (C=O) groups excluding carboxylic acids is 2. The van der Waals surface area contributed by atoms with E-state index in [9.17, 15) is 18.0 Å². The molecule has 164 valence electrons. The molecular formula is C22H25N3O5S. The van der Waals surface area contributed by atoms with Crippen LogP contribution in [0.5, 0.6) is 5.75 Å². The molecule has 1 atom stereocenters. The maximum absolute atomic E-state index is 13.2. The van der Waals surface area contributed by atoms with Crippen LogP contribution in [0.25, 0.3) is 0 Å². The van der Waals surface area contributed by atoms with E-state index in [-0.39, 0.29) is 24.0 Å². The van der Waals surface area contributed by atoms with Crippen LogP contribution in [0.1, 0.15) is 24.0 Å². The second kappa shape index (κ2) is 7.97. The van der Waals surface area contributed by atoms with E-state index in [1.807, 2.05) is 24.3 Å². The van der Waals surface area contributed by atoms with E-state index in [0.717, 1.165) is 28.3 Å². The molecule has 0 radical (unpaired) electrons. The van der Waals surface area contributed by atoms with E-state index in [1.54, 1.807) is 12.1 Å². The minimum atomic E-state index is -3.51. The summed E-state index contributed by atoms with van der Waals surface area (Å²) < 4.78 is 31.1. The number of fused-ring (bicyclic) bond motifs is 2. The predicted molar refractivity (Wildman–Crippen MR) is 114 cm³/mol. The molecule has 2 aliphatic rings. The molecule has 1 N–H and O–H groups in total. The third-order valence-electron chi connectivity index (χ3n) is 5.84. The molecule has 9 heteroatoms. The number of rotatable bonds is 6. The first-order chi connectivity index (χ1) is 14.8. The molecule has 1 heterocycles. The molecule has 31 heavy (non-hydrogen) atoms. The summed E-state index contributed by atoms with van der Waals surface area (Å²) in [6, 6.07) is 13.4. The van der Waals surface area contributed by atoms with Gasteiger partial charge < -0.3 is 10.1 Å². The van der Waals surface area contributed by atoms with Gasteiger partial charge in [0.1, 0.15) is 17.9 Å². The Bertz CT molecular complexity index is 1110. The molecule has 1 spiro atoms. The number of hydrogen-bond donors (Lipinski definition) is 1. The maximum Gasteiger partial charge on any atom is 0.325 e. The number of imide groups is 1. The lowest BCUT2D eigenvalue weighted by atomic mass is 9.76. The molecule has 2 aromatic rings. The molecule has 0 aromatic heterocycles. The van der Waals surface area contributed by atoms with Gasteiger partial charge >= 0.3 is 6.03 Å². The molecule has 8 nitrogen and oxygen atoms in total. The lowest BCUT2D eigenvalue weighted by molar-refractivity contribution is -0.132. The van der Waals surface area contributed by atoms with Gasteiger partial charge in [0.15, 0.2) is 0 Å². The topological polar surface area (TPSA) is 96.0 Å². The number of hydrogen-bond acceptors (Lipinski definition) is 5. The van der Waals surface area contributed by atoms with E-state index in [2.05, 4.69) is 5.32 Å². The predicted octanol–water partition coefficient (Wildman–Crippen LogP) is 2.10. The van der Waals surface area contributed by atoms with Crippen LogP contribution in [0.2, 0.25) is 0 Å². The molecule has 1 aliphatic carbocycles. The van der Waals surface area contributed by atoms with Crippen LogP contribution >= 0.6 is 0 Å². The summed E-state index contributed by atoms with van der Waals surface area (Å²) in [7, 11) is -0.575. The normalized spacial score (nSPS) is 20.8. The van der Waals surface area contributed by atoms with Crippen LogP contribution in [0.4, 0.5) is 4.79 Å². The van der Waals surface area contributed by atoms with Crippen molar-refractivity contribution in [2.75, 3.05) is 27.2 Å². The summed E-state index contributed by atoms with van der Waals surface area (Å²) in [6.07, 6.45) is 2.30. The van der Waals surface area contributed by atoms with Crippen LogP contribution in [-0.4, -0.2) is 56.8 Å². The number of aryl methyl sites for hydroxylation is 1. The number of ether oxygens (including phenoxy) is 1. The first kappa shape index (κ1) is 21.3. The van der Waals surface area contributed by atoms with Gasteiger partial charge in [-0.05, 0) is 54.7 Å². The molecule has 1 saturated heterocycles. The Morgan fingerprint density at radius 1 is 1.10 bits per heavy atom. The Kier molecular flexibility index (Phi) is 5.49. The van der Waals surface area contributed by atoms with Crippen LogP contribution in [0, 0.1) is 0 Å². The monoisotopic (exact) mass is 443 g/mol. The molecule has 0 unspecified atom stereocenters. The molecular weight excluding hydrogens is 418 g/mol. The Balaban J connectivity index is 1.42. The van der Waals surface area contributed by atoms with Crippen molar-refractivity contribution in [3.05, 3.63) is 59.7 Å². The Morgan fingerprint density at radius 3 is 2.52 bits per heavy atom. The summed E-state index contributed by atoms with van der Waals surface area (Å²) in [6.45, 7) is 0.211. The fraction of sp³-hybridized carbons (Fsp3) is 0.364. The van der Waals surface area contributed by atoms with Gasteiger partial charge in [0.05, 0.1) is 11.4 Å². The quantitative estimate of drug-likeness (QED) is 0.690. The van der Waals surface area contributed by atoms with Crippen LogP contribution < -0.4 is 10.1 Å². The third kappa shape index (κ3) is 3.68. The molecule has 1 fully saturated rings. The summed E-state index contributed by atoms with van der Waals surface area (Å²) >= 11 is 0. The van der Waals surface area contributed by atoms with Gasteiger partial charge in [0.2, 0.25) is 10.0 Å². The summed E-state index contributed by atoms with van der Waals surface area (Å²) in [5.74, 6) is 0.211. The number of nitrogens with zero attached hydrogens (tertiary/aromatic N) is 2. The van der Waals surface area contributed by atoms with Crippen LogP contribution in [0.15, 0.2) is 53.4 Å². The van der Waals surface area contributed by atoms with Crippen molar-refractivity contribution >= 4 is 22.0 Å². The Hall–Kier alpha value is -2.91. The molecule has 2 aromatic carbocycles. The van der Waals surface area contributed by atoms with Gasteiger partial charge in [-0.2, -0.15) is 0 Å². The molecule has 1 aliphatic heterocycles. The van der Waals surface area contributed by atoms with Gasteiger partial charge in [0, 0.05) is 14.1 Å². The van der Waals surface area contributed by atoms with Gasteiger partial charge in [-0.1, -0.05) is 24.3 Å². The lowest BCUT2D eigenvalue weighted by Crippen LogP contribution is -2.46. The van der Waals surface area contributed by atoms with E-state index in [4.69, 9.17) is 4.74 Å². The van der Waals surface area contributed by atoms with Gasteiger partial charge in [-0.15, -0.1) is 0 Å². The summed E-state index contributed by atoms with van der Waals surface area (Å²) in [5, 5.41) is 2.92. The zero-order chi connectivity index (χ0) is 22.2. The first-order valence-corrected chi connectivity index (χ1v) is 11.6. The van der Waals surface area contributed by atoms with E-state index >= 15 is 0 Å². The number of benzene rings is 2. The van der Waals surface area contributed by atoms with Crippen LogP contribution in [-0.2, 0) is 26.8 Å². The second-order valence-corrected chi connectivity index (χ2v) is 10.1. The van der Waals surface area contributed by atoms with Crippen LogP contribution in [0.3, 0.4) is 0 Å². The largest absolute Gasteiger partial charge is 0.492 e. The first-order valence-electron chi connectivity index (χ1n) is 10.1. The number of carbonyl (C=O) groups is 2. The third-order valence-corrected chi connectivity index (χ3v) is 7.67. The van der Waals surface area contributed by atoms with Crippen molar-refractivity contribution < 1.29 is 22.7 Å². The SMILES string of the molecule is CN(C)S(=O)(=O)c1ccc(OCCN2C(=O)N[C@]3(CCCc4ccccc43)C2=O)cc1. The summed E-state index contributed by atoms with van der Waals surface area (Å²) in [5.41, 5.74) is 0.975. The van der Waals surface area contributed by atoms with Gasteiger partial charge in [0.25, 0.3) is 5.91 Å². The Morgan fingerprint density at radius 2 is 1.81 bits per heavy atom. The zero-order valence-corrected chi connectivity index (χ0v) is 18.3. The number of amides is 3. The van der Waals surface area contributed by atoms with Crippen molar-refractivity contribution in [1.29, 1.82) is 0 Å². The Labute approximate surface area is 181 Å². The second-order valence-electron chi connectivity index (χ2n) is 7.91. The highest BCUT2D eigenvalue weighted by Crippen LogP contribution is 2.39. The molecule has 0 saturated carbocycles. The highest BCUT2D eigenvalue weighted by molar-refractivity contribution is 7.89. The fourth-order valence-electron chi connectivity index (χ4n) is 4.19. The van der Waals surface area contributed by atoms with Crippen molar-refractivity contribution in [2.24, 2.45) is 0 Å². The van der Waals surface area contributed by atoms with Gasteiger partial charge in [-0.3, -0.25) is 9.69 Å². The summed E-state index contributed by atoms with van der Waals surface area (Å²) in [4.78, 5) is 27.2. The average Bonchev–Trinajstić information content (AvgIpc) is 2.99. The lowest BCUT2D eigenvalue weighted by Gasteiger charge is -2.33. The van der Waals surface area contributed by atoms with E-state index in [1.165, 1.54) is 31.1 Å². The van der Waals surface area contributed by atoms with Crippen molar-refractivity contribution in [3.63, 3.8) is 0 Å². The zero-order valence-electron chi connectivity index (χ0n) is 17.5. The average molecular weight is 444 g/mol. The molecule has 0 bridgehead atoms. The van der Waals surface area contributed by atoms with Crippen molar-refractivity contribution in [1.82, 2.24) is 14.5 Å². The number of sulfonamides is 1. The molecule has 4 rings (SSSR count). The highest BCUT2D eigenvalue weighted by atomic mass is 32.2. The minimum Gasteiger partial charge on any atom is -0.492 e.